The highest BCUT2D eigenvalue weighted by Gasteiger charge is 2.36. The molecule has 0 aliphatic heterocycles. The average molecular weight is 296 g/mol. The van der Waals surface area contributed by atoms with Gasteiger partial charge in [0.1, 0.15) is 0 Å². The van der Waals surface area contributed by atoms with Crippen molar-refractivity contribution in [3.05, 3.63) is 0 Å². The Morgan fingerprint density at radius 2 is 1.57 bits per heavy atom. The van der Waals surface area contributed by atoms with Gasteiger partial charge in [0, 0.05) is 5.25 Å². The first-order valence-corrected chi connectivity index (χ1v) is 8.08. The minimum Gasteiger partial charge on any atom is -0.0909 e. The van der Waals surface area contributed by atoms with Gasteiger partial charge >= 0.3 is 0 Å². The van der Waals surface area contributed by atoms with Crippen LogP contribution in [0.4, 0.5) is 0 Å². The van der Waals surface area contributed by atoms with E-state index in [2.05, 4.69) is 27.7 Å². The molecular weight excluding hydrogens is 279 g/mol. The monoisotopic (exact) mass is 294 g/mol. The molecule has 0 N–H and O–H groups in total. The lowest BCUT2D eigenvalue weighted by atomic mass is 10.1. The minimum atomic E-state index is -1.16. The van der Waals surface area contributed by atoms with Crippen molar-refractivity contribution in [1.29, 1.82) is 0 Å². The van der Waals surface area contributed by atoms with Crippen LogP contribution in [0.3, 0.4) is 0 Å². The first kappa shape index (κ1) is 15.6. The fraction of sp³-hybridized carbons (Fsp3) is 1.00. The quantitative estimate of drug-likeness (QED) is 0.481. The van der Waals surface area contributed by atoms with E-state index in [1.54, 1.807) is 21.6 Å². The number of halogens is 3. The summed E-state index contributed by atoms with van der Waals surface area (Å²) in [4.78, 5) is 0. The van der Waals surface area contributed by atoms with E-state index in [1.807, 2.05) is 0 Å². The molecule has 0 saturated heterocycles. The summed E-state index contributed by atoms with van der Waals surface area (Å²) in [5.41, 5.74) is 0. The fourth-order valence-electron chi connectivity index (χ4n) is 0.857. The molecule has 0 aromatic heterocycles. The average Bonchev–Trinajstić information content (AvgIpc) is 2.01. The summed E-state index contributed by atoms with van der Waals surface area (Å²) in [5.74, 6) is 0.416. The van der Waals surface area contributed by atoms with Crippen LogP contribution in [0.2, 0.25) is 0 Å². The van der Waals surface area contributed by atoms with Crippen molar-refractivity contribution in [2.24, 2.45) is 5.92 Å². The fourth-order valence-corrected chi connectivity index (χ4v) is 5.24. The largest absolute Gasteiger partial charge is 0.203 e. The second kappa shape index (κ2) is 7.01. The molecule has 0 saturated carbocycles. The Kier molecular flexibility index (Phi) is 7.79. The van der Waals surface area contributed by atoms with Crippen LogP contribution in [0.15, 0.2) is 0 Å². The molecular formula is C9H17Cl3S2. The van der Waals surface area contributed by atoms with Crippen LogP contribution in [0.5, 0.6) is 0 Å². The minimum absolute atomic E-state index is 0.0601. The Morgan fingerprint density at radius 1 is 1.07 bits per heavy atom. The van der Waals surface area contributed by atoms with Gasteiger partial charge in [0.2, 0.25) is 3.79 Å². The topological polar surface area (TPSA) is 0 Å². The second-order valence-electron chi connectivity index (χ2n) is 3.59. The molecule has 14 heavy (non-hydrogen) atoms. The van der Waals surface area contributed by atoms with Gasteiger partial charge in [-0.3, -0.25) is 0 Å². The van der Waals surface area contributed by atoms with Crippen molar-refractivity contribution in [3.63, 3.8) is 0 Å². The van der Waals surface area contributed by atoms with Gasteiger partial charge in [-0.05, 0) is 5.92 Å². The van der Waals surface area contributed by atoms with E-state index in [-0.39, 0.29) is 5.25 Å². The molecule has 0 aliphatic carbocycles. The van der Waals surface area contributed by atoms with Crippen molar-refractivity contribution in [3.8, 4) is 0 Å². The van der Waals surface area contributed by atoms with Gasteiger partial charge in [0.15, 0.2) is 0 Å². The first-order valence-electron chi connectivity index (χ1n) is 4.67. The molecule has 1 unspecified atom stereocenters. The molecule has 0 aromatic rings. The van der Waals surface area contributed by atoms with E-state index in [1.165, 1.54) is 0 Å². The van der Waals surface area contributed by atoms with Crippen LogP contribution in [-0.4, -0.2) is 14.3 Å². The van der Waals surface area contributed by atoms with Gasteiger partial charge in [-0.25, -0.2) is 0 Å². The van der Waals surface area contributed by atoms with E-state index in [0.29, 0.717) is 11.2 Å². The number of hydrogen-bond acceptors (Lipinski definition) is 2. The summed E-state index contributed by atoms with van der Waals surface area (Å²) in [6, 6.07) is 0. The third-order valence-electron chi connectivity index (χ3n) is 1.84. The summed E-state index contributed by atoms with van der Waals surface area (Å²) < 4.78 is -1.16. The molecule has 0 aromatic carbocycles. The van der Waals surface area contributed by atoms with E-state index in [0.717, 1.165) is 6.42 Å². The molecule has 0 radical (unpaired) electrons. The zero-order valence-corrected chi connectivity index (χ0v) is 12.8. The van der Waals surface area contributed by atoms with Crippen molar-refractivity contribution in [2.75, 3.05) is 0 Å². The molecule has 0 bridgehead atoms. The molecule has 0 spiro atoms. The van der Waals surface area contributed by atoms with Crippen molar-refractivity contribution < 1.29 is 0 Å². The lowest BCUT2D eigenvalue weighted by molar-refractivity contribution is 0.540. The highest BCUT2D eigenvalue weighted by Crippen LogP contribution is 2.47. The highest BCUT2D eigenvalue weighted by molar-refractivity contribution is 8.77. The molecule has 0 aliphatic rings. The molecule has 5 heteroatoms. The Balaban J connectivity index is 4.26. The summed E-state index contributed by atoms with van der Waals surface area (Å²) in [6.45, 7) is 8.53. The first-order chi connectivity index (χ1) is 6.29. The third kappa shape index (κ3) is 6.22. The van der Waals surface area contributed by atoms with Crippen molar-refractivity contribution in [1.82, 2.24) is 0 Å². The summed E-state index contributed by atoms with van der Waals surface area (Å²) in [6.07, 6.45) is 1.03. The second-order valence-corrected chi connectivity index (χ2v) is 8.95. The molecule has 2 atom stereocenters. The van der Waals surface area contributed by atoms with Crippen LogP contribution in [0.1, 0.15) is 34.1 Å². The standard InChI is InChI=1S/C9H17Cl3S2/c1-5-7(4)8(9(10,11)12)14-13-6(2)3/h6-8H,5H2,1-4H3/t7?,8-/m1/s1. The van der Waals surface area contributed by atoms with Gasteiger partial charge in [0.05, 0.1) is 5.25 Å². The maximum Gasteiger partial charge on any atom is 0.203 e. The molecule has 0 amide bonds. The normalized spacial score (nSPS) is 17.1. The molecule has 0 fully saturated rings. The summed E-state index contributed by atoms with van der Waals surface area (Å²) in [7, 11) is 3.46. The molecule has 86 valence electrons. The molecule has 0 rings (SSSR count). The Labute approximate surface area is 110 Å². The van der Waals surface area contributed by atoms with Gasteiger partial charge in [-0.2, -0.15) is 0 Å². The van der Waals surface area contributed by atoms with Crippen LogP contribution < -0.4 is 0 Å². The maximum absolute atomic E-state index is 5.95. The predicted octanol–water partition coefficient (Wildman–Crippen LogP) is 5.56. The highest BCUT2D eigenvalue weighted by atomic mass is 35.6. The van der Waals surface area contributed by atoms with Gasteiger partial charge in [-0.1, -0.05) is 90.5 Å². The van der Waals surface area contributed by atoms with Gasteiger partial charge in [-0.15, -0.1) is 0 Å². The van der Waals surface area contributed by atoms with Crippen molar-refractivity contribution >= 4 is 56.4 Å². The Bertz CT molecular complexity index is 157. The number of rotatable bonds is 5. The zero-order valence-electron chi connectivity index (χ0n) is 8.89. The molecule has 0 heterocycles. The molecule has 0 nitrogen and oxygen atoms in total. The van der Waals surface area contributed by atoms with E-state index in [4.69, 9.17) is 34.8 Å². The van der Waals surface area contributed by atoms with Crippen LogP contribution in [0.25, 0.3) is 0 Å². The summed E-state index contributed by atoms with van der Waals surface area (Å²) >= 11 is 17.9. The van der Waals surface area contributed by atoms with Crippen LogP contribution in [0, 0.1) is 5.92 Å². The smallest absolute Gasteiger partial charge is 0.0909 e. The summed E-state index contributed by atoms with van der Waals surface area (Å²) in [5, 5.41) is 0.615. The van der Waals surface area contributed by atoms with Crippen LogP contribution in [-0.2, 0) is 0 Å². The lowest BCUT2D eigenvalue weighted by Gasteiger charge is -2.28. The Hall–Kier alpha value is 1.57. The number of alkyl halides is 3. The number of hydrogen-bond donors (Lipinski definition) is 0. The van der Waals surface area contributed by atoms with Crippen molar-refractivity contribution in [2.45, 2.75) is 48.4 Å². The maximum atomic E-state index is 5.95. The zero-order chi connectivity index (χ0) is 11.4. The van der Waals surface area contributed by atoms with Gasteiger partial charge in [0.25, 0.3) is 0 Å². The van der Waals surface area contributed by atoms with Crippen LogP contribution >= 0.6 is 56.4 Å². The predicted molar refractivity (Wildman–Crippen MR) is 73.9 cm³/mol. The lowest BCUT2D eigenvalue weighted by Crippen LogP contribution is -2.28. The van der Waals surface area contributed by atoms with E-state index >= 15 is 0 Å². The third-order valence-corrected chi connectivity index (χ3v) is 6.56. The van der Waals surface area contributed by atoms with E-state index < -0.39 is 3.79 Å². The SMILES string of the molecule is CCC(C)[C@@H](SSC(C)C)C(Cl)(Cl)Cl. The van der Waals surface area contributed by atoms with E-state index in [9.17, 15) is 0 Å². The van der Waals surface area contributed by atoms with Gasteiger partial charge < -0.3 is 0 Å². The Morgan fingerprint density at radius 3 is 1.86 bits per heavy atom.